The summed E-state index contributed by atoms with van der Waals surface area (Å²) >= 11 is 0. The molecule has 0 bridgehead atoms. The molecule has 44 heavy (non-hydrogen) atoms. The number of pyridine rings is 1. The summed E-state index contributed by atoms with van der Waals surface area (Å²) in [6.45, 7) is 9.62. The quantitative estimate of drug-likeness (QED) is 0.166. The van der Waals surface area contributed by atoms with Crippen LogP contribution >= 0.6 is 0 Å². The molecule has 0 spiro atoms. The lowest BCUT2D eigenvalue weighted by atomic mass is 9.83. The summed E-state index contributed by atoms with van der Waals surface area (Å²) < 4.78 is 25.8. The molecule has 12 heteroatoms. The molecule has 5 N–H and O–H groups in total. The molecule has 2 aromatic rings. The second-order valence-electron chi connectivity index (χ2n) is 11.9. The Morgan fingerprint density at radius 2 is 1.59 bits per heavy atom. The monoisotopic (exact) mass is 632 g/mol. The standard InChI is InChI=1S/C32H48N4O7S/c1-6-7-16-44(42,43)20-26(36-30(39)24-14-11-15-33-19-24)31(40)35-25(17-23-12-9-8-10-13-23)28(37)29(38)27(22(4)5)32(41)34-18-21(2)3/h8-15,19,21-22,25-29,37-38H,6-7,16-18,20H2,1-5H3,(H,34,41)(H,35,40)(H,36,39)/t25-,26?,27+,28+,29+/m0/s1. The predicted octanol–water partition coefficient (Wildman–Crippen LogP) is 1.89. The summed E-state index contributed by atoms with van der Waals surface area (Å²) in [5, 5.41) is 30.8. The molecule has 0 radical (unpaired) electrons. The van der Waals surface area contributed by atoms with Gasteiger partial charge in [0.1, 0.15) is 12.1 Å². The highest BCUT2D eigenvalue weighted by atomic mass is 32.2. The van der Waals surface area contributed by atoms with E-state index in [4.69, 9.17) is 0 Å². The lowest BCUT2D eigenvalue weighted by Gasteiger charge is -2.34. The molecule has 1 unspecified atom stereocenters. The minimum absolute atomic E-state index is 0.0646. The van der Waals surface area contributed by atoms with Crippen LogP contribution in [0.25, 0.3) is 0 Å². The van der Waals surface area contributed by atoms with Gasteiger partial charge in [0.05, 0.1) is 35.1 Å². The van der Waals surface area contributed by atoms with Crippen LogP contribution < -0.4 is 16.0 Å². The summed E-state index contributed by atoms with van der Waals surface area (Å²) in [7, 11) is -3.75. The van der Waals surface area contributed by atoms with Crippen molar-refractivity contribution in [1.82, 2.24) is 20.9 Å². The van der Waals surface area contributed by atoms with Gasteiger partial charge in [-0.05, 0) is 42.4 Å². The highest BCUT2D eigenvalue weighted by molar-refractivity contribution is 7.91. The Kier molecular flexibility index (Phi) is 14.9. The third-order valence-electron chi connectivity index (χ3n) is 7.24. The number of amides is 3. The summed E-state index contributed by atoms with van der Waals surface area (Å²) in [5.41, 5.74) is 0.862. The van der Waals surface area contributed by atoms with Gasteiger partial charge in [-0.2, -0.15) is 0 Å². The van der Waals surface area contributed by atoms with E-state index in [1.807, 2.05) is 20.8 Å². The normalized spacial score (nSPS) is 15.2. The maximum atomic E-state index is 13.7. The maximum absolute atomic E-state index is 13.7. The second-order valence-corrected chi connectivity index (χ2v) is 14.2. The molecule has 0 aliphatic carbocycles. The van der Waals surface area contributed by atoms with Crippen LogP contribution in [0, 0.1) is 17.8 Å². The van der Waals surface area contributed by atoms with Gasteiger partial charge in [-0.1, -0.05) is 71.4 Å². The molecule has 1 aromatic heterocycles. The Bertz CT molecular complexity index is 1290. The van der Waals surface area contributed by atoms with E-state index in [1.165, 1.54) is 24.5 Å². The zero-order valence-electron chi connectivity index (χ0n) is 26.3. The van der Waals surface area contributed by atoms with Crippen molar-refractivity contribution in [3.05, 3.63) is 66.0 Å². The summed E-state index contributed by atoms with van der Waals surface area (Å²) in [5.74, 6) is -3.95. The molecule has 11 nitrogen and oxygen atoms in total. The second kappa shape index (κ2) is 17.8. The third kappa shape index (κ3) is 12.0. The van der Waals surface area contributed by atoms with Crippen molar-refractivity contribution >= 4 is 27.6 Å². The first kappa shape index (κ1) is 36.8. The number of aliphatic hydroxyl groups excluding tert-OH is 2. The molecular formula is C32H48N4O7S. The van der Waals surface area contributed by atoms with Crippen molar-refractivity contribution in [3.8, 4) is 0 Å². The first-order valence-corrected chi connectivity index (χ1v) is 17.0. The van der Waals surface area contributed by atoms with Crippen LogP contribution in [-0.2, 0) is 25.8 Å². The Morgan fingerprint density at radius 1 is 0.909 bits per heavy atom. The number of aliphatic hydroxyl groups is 2. The van der Waals surface area contributed by atoms with E-state index in [0.29, 0.717) is 19.4 Å². The van der Waals surface area contributed by atoms with Gasteiger partial charge < -0.3 is 26.2 Å². The SMILES string of the molecule is CCCCS(=O)(=O)CC(NC(=O)c1cccnc1)C(=O)N[C@@H](Cc1ccccc1)[C@@H](O)[C@H](O)[C@H](C(=O)NCC(C)C)C(C)C. The Morgan fingerprint density at radius 3 is 2.16 bits per heavy atom. The molecule has 0 aliphatic rings. The van der Waals surface area contributed by atoms with Crippen LogP contribution in [0.15, 0.2) is 54.9 Å². The largest absolute Gasteiger partial charge is 0.390 e. The van der Waals surface area contributed by atoms with E-state index in [9.17, 15) is 33.0 Å². The molecule has 0 saturated heterocycles. The van der Waals surface area contributed by atoms with E-state index in [2.05, 4.69) is 20.9 Å². The van der Waals surface area contributed by atoms with Crippen LogP contribution in [0.5, 0.6) is 0 Å². The fourth-order valence-electron chi connectivity index (χ4n) is 4.76. The lowest BCUT2D eigenvalue weighted by Crippen LogP contribution is -2.59. The van der Waals surface area contributed by atoms with E-state index in [0.717, 1.165) is 5.56 Å². The molecule has 1 aromatic carbocycles. The van der Waals surface area contributed by atoms with Crippen molar-refractivity contribution in [3.63, 3.8) is 0 Å². The minimum atomic E-state index is -3.75. The Hall–Kier alpha value is -3.35. The molecule has 0 saturated carbocycles. The van der Waals surface area contributed by atoms with Gasteiger partial charge in [-0.3, -0.25) is 19.4 Å². The molecule has 1 heterocycles. The summed E-state index contributed by atoms with van der Waals surface area (Å²) in [4.78, 5) is 43.7. The van der Waals surface area contributed by atoms with E-state index >= 15 is 0 Å². The maximum Gasteiger partial charge on any atom is 0.253 e. The number of aromatic nitrogens is 1. The van der Waals surface area contributed by atoms with E-state index < -0.39 is 63.5 Å². The molecular weight excluding hydrogens is 584 g/mol. The zero-order chi connectivity index (χ0) is 32.9. The number of rotatable bonds is 18. The van der Waals surface area contributed by atoms with Gasteiger partial charge in [0, 0.05) is 18.9 Å². The van der Waals surface area contributed by atoms with Crippen molar-refractivity contribution in [2.24, 2.45) is 17.8 Å². The average Bonchev–Trinajstić information content (AvgIpc) is 2.98. The van der Waals surface area contributed by atoms with Crippen LogP contribution in [0.4, 0.5) is 0 Å². The lowest BCUT2D eigenvalue weighted by molar-refractivity contribution is -0.136. The minimum Gasteiger partial charge on any atom is -0.390 e. The molecule has 5 atom stereocenters. The number of hydrogen-bond acceptors (Lipinski definition) is 8. The molecule has 3 amide bonds. The van der Waals surface area contributed by atoms with E-state index in [1.54, 1.807) is 44.2 Å². The number of carbonyl (C=O) groups is 3. The van der Waals surface area contributed by atoms with Crippen molar-refractivity contribution in [2.45, 2.75) is 78.2 Å². The Labute approximate surface area is 261 Å². The number of nitrogens with zero attached hydrogens (tertiary/aromatic N) is 1. The van der Waals surface area contributed by atoms with Crippen LogP contribution in [0.3, 0.4) is 0 Å². The van der Waals surface area contributed by atoms with Crippen molar-refractivity contribution in [2.75, 3.05) is 18.1 Å². The molecule has 0 fully saturated rings. The number of hydrogen-bond donors (Lipinski definition) is 5. The average molecular weight is 633 g/mol. The number of unbranched alkanes of at least 4 members (excludes halogenated alkanes) is 1. The first-order chi connectivity index (χ1) is 20.8. The number of carbonyl (C=O) groups excluding carboxylic acids is 3. The summed E-state index contributed by atoms with van der Waals surface area (Å²) in [6, 6.07) is 9.33. The highest BCUT2D eigenvalue weighted by Gasteiger charge is 2.39. The summed E-state index contributed by atoms with van der Waals surface area (Å²) in [6.07, 6.45) is 0.688. The fourth-order valence-corrected chi connectivity index (χ4v) is 6.39. The fraction of sp³-hybridized carbons (Fsp3) is 0.562. The molecule has 2 rings (SSSR count). The topological polar surface area (TPSA) is 175 Å². The van der Waals surface area contributed by atoms with Gasteiger partial charge in [0.2, 0.25) is 11.8 Å². The van der Waals surface area contributed by atoms with Crippen LogP contribution in [0.1, 0.15) is 63.4 Å². The zero-order valence-corrected chi connectivity index (χ0v) is 27.1. The van der Waals surface area contributed by atoms with Gasteiger partial charge in [0.25, 0.3) is 5.91 Å². The van der Waals surface area contributed by atoms with Crippen LogP contribution in [0.2, 0.25) is 0 Å². The van der Waals surface area contributed by atoms with Crippen molar-refractivity contribution in [1.29, 1.82) is 0 Å². The smallest absolute Gasteiger partial charge is 0.253 e. The first-order valence-electron chi connectivity index (χ1n) is 15.1. The number of nitrogens with one attached hydrogen (secondary N) is 3. The van der Waals surface area contributed by atoms with Gasteiger partial charge in [-0.15, -0.1) is 0 Å². The van der Waals surface area contributed by atoms with Gasteiger partial charge >= 0.3 is 0 Å². The Balaban J connectivity index is 2.41. The van der Waals surface area contributed by atoms with Gasteiger partial charge in [0.15, 0.2) is 9.84 Å². The molecule has 0 aliphatic heterocycles. The number of sulfone groups is 1. The van der Waals surface area contributed by atoms with Gasteiger partial charge in [-0.25, -0.2) is 8.42 Å². The third-order valence-corrected chi connectivity index (χ3v) is 8.99. The number of benzene rings is 1. The van der Waals surface area contributed by atoms with Crippen LogP contribution in [-0.4, -0.2) is 83.7 Å². The van der Waals surface area contributed by atoms with E-state index in [-0.39, 0.29) is 29.6 Å². The highest BCUT2D eigenvalue weighted by Crippen LogP contribution is 2.22. The predicted molar refractivity (Wildman–Crippen MR) is 169 cm³/mol. The molecule has 244 valence electrons. The van der Waals surface area contributed by atoms with Crippen molar-refractivity contribution < 1.29 is 33.0 Å².